The fourth-order valence-electron chi connectivity index (χ4n) is 3.04. The molecule has 0 atom stereocenters. The third kappa shape index (κ3) is 5.54. The summed E-state index contributed by atoms with van der Waals surface area (Å²) in [7, 11) is 0. The van der Waals surface area contributed by atoms with Crippen LogP contribution in [0, 0.1) is 0 Å². The van der Waals surface area contributed by atoms with E-state index in [1.165, 1.54) is 18.7 Å². The Morgan fingerprint density at radius 3 is 2.87 bits per heavy atom. The van der Waals surface area contributed by atoms with E-state index in [1.807, 2.05) is 50.3 Å². The Morgan fingerprint density at radius 1 is 1.27 bits per heavy atom. The number of hydrogen-bond donors (Lipinski definition) is 1. The van der Waals surface area contributed by atoms with E-state index in [9.17, 15) is 9.90 Å². The second-order valence-corrected chi connectivity index (χ2v) is 8.08. The number of carbonyl (C=O) groups excluding carboxylic acids is 1. The Morgan fingerprint density at radius 2 is 2.10 bits per heavy atom. The van der Waals surface area contributed by atoms with Gasteiger partial charge in [0.25, 0.3) is 0 Å². The third-order valence-corrected chi connectivity index (χ3v) is 5.40. The highest BCUT2D eigenvalue weighted by molar-refractivity contribution is 8.02. The maximum absolute atomic E-state index is 11.7. The van der Waals surface area contributed by atoms with Crippen molar-refractivity contribution in [2.45, 2.75) is 45.1 Å². The van der Waals surface area contributed by atoms with Gasteiger partial charge in [-0.3, -0.25) is 4.79 Å². The lowest BCUT2D eigenvalue weighted by molar-refractivity contribution is 0.101. The highest BCUT2D eigenvalue weighted by Crippen LogP contribution is 2.34. The second kappa shape index (κ2) is 10.2. The Hall–Kier alpha value is -2.99. The van der Waals surface area contributed by atoms with Crippen molar-refractivity contribution in [1.82, 2.24) is 0 Å². The van der Waals surface area contributed by atoms with Crippen LogP contribution in [-0.4, -0.2) is 17.1 Å². The van der Waals surface area contributed by atoms with Gasteiger partial charge >= 0.3 is 0 Å². The standard InChI is InChI=1S/C24H25NO4S/c1-4-6-21-22(10-9-20(17(3)26)24(21)27)28-15-18-7-5-8-19(14-18)30-23-13-16(2)11-12-25-29-23/h5,7-14,27H,4,6,15H2,1-3H3. The molecule has 1 heterocycles. The first-order chi connectivity index (χ1) is 14.5. The summed E-state index contributed by atoms with van der Waals surface area (Å²) < 4.78 is 6.01. The number of rotatable bonds is 8. The number of ether oxygens (including phenoxy) is 1. The molecule has 156 valence electrons. The number of allylic oxidation sites excluding steroid dienone is 3. The highest BCUT2D eigenvalue weighted by Gasteiger charge is 2.16. The van der Waals surface area contributed by atoms with Crippen LogP contribution in [0.2, 0.25) is 0 Å². The molecule has 1 N–H and O–H groups in total. The monoisotopic (exact) mass is 423 g/mol. The summed E-state index contributed by atoms with van der Waals surface area (Å²) in [5.41, 5.74) is 3.05. The predicted molar refractivity (Wildman–Crippen MR) is 120 cm³/mol. The van der Waals surface area contributed by atoms with E-state index in [-0.39, 0.29) is 11.5 Å². The van der Waals surface area contributed by atoms with Gasteiger partial charge in [0.05, 0.1) is 11.8 Å². The van der Waals surface area contributed by atoms with Gasteiger partial charge < -0.3 is 14.7 Å². The molecule has 0 unspecified atom stereocenters. The average molecular weight is 424 g/mol. The zero-order valence-corrected chi connectivity index (χ0v) is 18.2. The zero-order chi connectivity index (χ0) is 21.5. The van der Waals surface area contributed by atoms with Crippen molar-refractivity contribution >= 4 is 23.8 Å². The van der Waals surface area contributed by atoms with Gasteiger partial charge in [0, 0.05) is 10.5 Å². The molecule has 0 radical (unpaired) electrons. The van der Waals surface area contributed by atoms with Gasteiger partial charge in [-0.1, -0.05) is 30.6 Å². The van der Waals surface area contributed by atoms with Crippen LogP contribution in [0.1, 0.15) is 48.7 Å². The molecule has 0 fully saturated rings. The Balaban J connectivity index is 1.74. The third-order valence-electron chi connectivity index (χ3n) is 4.52. The fraction of sp³-hybridized carbons (Fsp3) is 0.250. The SMILES string of the molecule is CCCc1c(OCc2cccc(SC3=CC(C)=CC=NO3)c2)ccc(C(C)=O)c1O. The van der Waals surface area contributed by atoms with Gasteiger partial charge in [-0.15, -0.1) is 0 Å². The first-order valence-corrected chi connectivity index (χ1v) is 10.6. The van der Waals surface area contributed by atoms with Crippen LogP contribution in [-0.2, 0) is 17.9 Å². The first kappa shape index (κ1) is 21.7. The number of oxime groups is 1. The van der Waals surface area contributed by atoms with Gasteiger partial charge in [-0.2, -0.15) is 0 Å². The Bertz CT molecular complexity index is 1020. The molecular formula is C24H25NO4S. The molecule has 5 nitrogen and oxygen atoms in total. The summed E-state index contributed by atoms with van der Waals surface area (Å²) in [6, 6.07) is 11.4. The van der Waals surface area contributed by atoms with E-state index < -0.39 is 0 Å². The molecule has 0 saturated heterocycles. The molecule has 0 aromatic heterocycles. The van der Waals surface area contributed by atoms with Crippen molar-refractivity contribution < 1.29 is 19.5 Å². The maximum Gasteiger partial charge on any atom is 0.196 e. The van der Waals surface area contributed by atoms with Crippen LogP contribution in [0.25, 0.3) is 0 Å². The minimum atomic E-state index is -0.161. The van der Waals surface area contributed by atoms with Gasteiger partial charge in [0.1, 0.15) is 18.1 Å². The topological polar surface area (TPSA) is 68.1 Å². The molecule has 1 aliphatic rings. The van der Waals surface area contributed by atoms with Gasteiger partial charge in [0.2, 0.25) is 0 Å². The van der Waals surface area contributed by atoms with Crippen molar-refractivity contribution in [2.75, 3.05) is 0 Å². The molecule has 6 heteroatoms. The largest absolute Gasteiger partial charge is 0.507 e. The fourth-order valence-corrected chi connectivity index (χ4v) is 3.96. The number of nitrogens with zero attached hydrogens (tertiary/aromatic N) is 1. The van der Waals surface area contributed by atoms with E-state index in [0.29, 0.717) is 35.0 Å². The van der Waals surface area contributed by atoms with Gasteiger partial charge in [0.15, 0.2) is 10.9 Å². The quantitative estimate of drug-likeness (QED) is 0.526. The minimum Gasteiger partial charge on any atom is -0.507 e. The normalized spacial score (nSPS) is 13.2. The smallest absolute Gasteiger partial charge is 0.196 e. The maximum atomic E-state index is 11.7. The number of phenolic OH excluding ortho intramolecular Hbond substituents is 1. The molecule has 2 aromatic rings. The predicted octanol–water partition coefficient (Wildman–Crippen LogP) is 6.02. The number of phenols is 1. The highest BCUT2D eigenvalue weighted by atomic mass is 32.2. The van der Waals surface area contributed by atoms with E-state index >= 15 is 0 Å². The number of benzene rings is 2. The molecule has 0 spiro atoms. The number of aromatic hydroxyl groups is 1. The summed E-state index contributed by atoms with van der Waals surface area (Å²) in [4.78, 5) is 18.1. The van der Waals surface area contributed by atoms with Gasteiger partial charge in [-0.05, 0) is 79.6 Å². The lowest BCUT2D eigenvalue weighted by Crippen LogP contribution is -2.02. The summed E-state index contributed by atoms with van der Waals surface area (Å²) in [6.07, 6.45) is 6.93. The lowest BCUT2D eigenvalue weighted by Gasteiger charge is -2.15. The van der Waals surface area contributed by atoms with Crippen molar-refractivity contribution in [3.05, 3.63) is 75.9 Å². The van der Waals surface area contributed by atoms with Crippen LogP contribution in [0.3, 0.4) is 0 Å². The zero-order valence-electron chi connectivity index (χ0n) is 17.3. The number of Topliss-reactive ketones (excluding diaryl/α,β-unsaturated/α-hetero) is 1. The molecular weight excluding hydrogens is 398 g/mol. The van der Waals surface area contributed by atoms with Crippen LogP contribution < -0.4 is 4.74 Å². The minimum absolute atomic E-state index is 0.0209. The van der Waals surface area contributed by atoms with E-state index in [4.69, 9.17) is 9.57 Å². The first-order valence-electron chi connectivity index (χ1n) is 9.82. The molecule has 2 aromatic carbocycles. The van der Waals surface area contributed by atoms with Crippen molar-refractivity contribution in [2.24, 2.45) is 5.16 Å². The molecule has 30 heavy (non-hydrogen) atoms. The van der Waals surface area contributed by atoms with Crippen LogP contribution in [0.15, 0.2) is 69.3 Å². The molecule has 3 rings (SSSR count). The summed E-state index contributed by atoms with van der Waals surface area (Å²) >= 11 is 1.49. The number of hydrogen-bond acceptors (Lipinski definition) is 6. The average Bonchev–Trinajstić information content (AvgIpc) is 2.92. The number of thioether (sulfide) groups is 1. The molecule has 0 amide bonds. The van der Waals surface area contributed by atoms with Crippen LogP contribution >= 0.6 is 11.8 Å². The molecule has 0 saturated carbocycles. The van der Waals surface area contributed by atoms with E-state index in [1.54, 1.807) is 18.3 Å². The van der Waals surface area contributed by atoms with Crippen LogP contribution in [0.4, 0.5) is 0 Å². The van der Waals surface area contributed by atoms with Crippen LogP contribution in [0.5, 0.6) is 11.5 Å². The molecule has 0 bridgehead atoms. The Kier molecular flexibility index (Phi) is 7.36. The second-order valence-electron chi connectivity index (χ2n) is 7.00. The van der Waals surface area contributed by atoms with Gasteiger partial charge in [-0.25, -0.2) is 0 Å². The lowest BCUT2D eigenvalue weighted by atomic mass is 10.0. The summed E-state index contributed by atoms with van der Waals surface area (Å²) in [5, 5.41) is 15.1. The summed E-state index contributed by atoms with van der Waals surface area (Å²) in [5.74, 6) is 0.459. The van der Waals surface area contributed by atoms with Crippen molar-refractivity contribution in [3.63, 3.8) is 0 Å². The molecule has 0 aliphatic carbocycles. The number of ketones is 1. The van der Waals surface area contributed by atoms with E-state index in [0.717, 1.165) is 22.5 Å². The Labute approximate surface area is 181 Å². The molecule has 1 aliphatic heterocycles. The van der Waals surface area contributed by atoms with Crippen molar-refractivity contribution in [3.8, 4) is 11.5 Å². The van der Waals surface area contributed by atoms with E-state index in [2.05, 4.69) is 5.16 Å². The van der Waals surface area contributed by atoms with Crippen molar-refractivity contribution in [1.29, 1.82) is 0 Å². The number of carbonyl (C=O) groups is 1. The summed E-state index contributed by atoms with van der Waals surface area (Å²) in [6.45, 7) is 5.81.